The molecule has 7 heteroatoms. The largest absolute Gasteiger partial charge is 0.416 e. The fourth-order valence-corrected chi connectivity index (χ4v) is 6.98. The van der Waals surface area contributed by atoms with E-state index < -0.39 is 11.7 Å². The molecule has 0 saturated heterocycles. The summed E-state index contributed by atoms with van der Waals surface area (Å²) < 4.78 is 39.5. The molecule has 3 aliphatic rings. The number of carbonyl (C=O) groups is 2. The molecule has 1 aromatic carbocycles. The van der Waals surface area contributed by atoms with Crippen LogP contribution in [0.5, 0.6) is 0 Å². The van der Waals surface area contributed by atoms with Gasteiger partial charge in [-0.05, 0) is 72.0 Å². The van der Waals surface area contributed by atoms with Crippen LogP contribution in [0, 0.1) is 5.41 Å². The molecule has 2 fully saturated rings. The van der Waals surface area contributed by atoms with E-state index in [0.29, 0.717) is 23.1 Å². The van der Waals surface area contributed by atoms with Crippen molar-refractivity contribution in [3.05, 3.63) is 74.7 Å². The molecular formula is C29H26F3NO2S. The molecule has 3 aliphatic carbocycles. The number of carbonyl (C=O) groups excluding carboxylic acids is 2. The number of nitrogens with zero attached hydrogens (tertiary/aromatic N) is 1. The van der Waals surface area contributed by atoms with E-state index in [-0.39, 0.29) is 28.5 Å². The van der Waals surface area contributed by atoms with Crippen LogP contribution < -0.4 is 0 Å². The number of benzene rings is 1. The molecule has 6 rings (SSSR count). The number of rotatable bonds is 4. The first-order chi connectivity index (χ1) is 17.3. The molecular weight excluding hydrogens is 483 g/mol. The molecule has 0 atom stereocenters. The molecule has 0 N–H and O–H groups in total. The van der Waals surface area contributed by atoms with Crippen molar-refractivity contribution in [3.63, 3.8) is 0 Å². The summed E-state index contributed by atoms with van der Waals surface area (Å²) in [6.07, 6.45) is 3.85. The molecule has 0 unspecified atom stereocenters. The molecule has 0 radical (unpaired) electrons. The van der Waals surface area contributed by atoms with Gasteiger partial charge in [-0.25, -0.2) is 0 Å². The van der Waals surface area contributed by atoms with Crippen molar-refractivity contribution in [2.45, 2.75) is 69.9 Å². The van der Waals surface area contributed by atoms with Crippen molar-refractivity contribution >= 4 is 22.9 Å². The van der Waals surface area contributed by atoms with E-state index >= 15 is 0 Å². The van der Waals surface area contributed by atoms with Crippen LogP contribution in [-0.2, 0) is 12.6 Å². The highest BCUT2D eigenvalue weighted by Crippen LogP contribution is 2.52. The van der Waals surface area contributed by atoms with Gasteiger partial charge in [-0.3, -0.25) is 14.6 Å². The summed E-state index contributed by atoms with van der Waals surface area (Å²) in [6, 6.07) is 6.30. The van der Waals surface area contributed by atoms with Crippen LogP contribution in [-0.4, -0.2) is 16.6 Å². The maximum Gasteiger partial charge on any atom is 0.416 e. The van der Waals surface area contributed by atoms with E-state index in [1.165, 1.54) is 23.5 Å². The van der Waals surface area contributed by atoms with Crippen molar-refractivity contribution in [3.8, 4) is 11.1 Å². The Kier molecular flexibility index (Phi) is 5.67. The summed E-state index contributed by atoms with van der Waals surface area (Å²) >= 11 is 1.49. The van der Waals surface area contributed by atoms with Gasteiger partial charge in [0, 0.05) is 29.0 Å². The van der Waals surface area contributed by atoms with Crippen molar-refractivity contribution in [2.24, 2.45) is 5.41 Å². The molecule has 1 spiro atoms. The van der Waals surface area contributed by atoms with Crippen LogP contribution in [0.4, 0.5) is 13.2 Å². The second-order valence-electron chi connectivity index (χ2n) is 10.6. The Balaban J connectivity index is 1.57. The number of aromatic nitrogens is 1. The standard InChI is InChI=1S/C29H26F3NO2S/c30-29(31,32)20-8-6-18(7-9-20)27(35)25-23(19-10-13-36-16-19)24-21(33-26(25)17-4-1-2-5-17)14-28(11-3-12-28)15-22(24)34/h6-10,13,16-17H,1-5,11-12,14-15H2. The lowest BCUT2D eigenvalue weighted by Crippen LogP contribution is -2.39. The highest BCUT2D eigenvalue weighted by Gasteiger charge is 2.46. The average Bonchev–Trinajstić information content (AvgIpc) is 3.55. The lowest BCUT2D eigenvalue weighted by molar-refractivity contribution is -0.137. The lowest BCUT2D eigenvalue weighted by Gasteiger charge is -2.45. The summed E-state index contributed by atoms with van der Waals surface area (Å²) in [7, 11) is 0. The lowest BCUT2D eigenvalue weighted by atomic mass is 9.59. The van der Waals surface area contributed by atoms with Crippen LogP contribution >= 0.6 is 11.3 Å². The Labute approximate surface area is 211 Å². The number of pyridine rings is 1. The monoisotopic (exact) mass is 509 g/mol. The number of thiophene rings is 1. The first kappa shape index (κ1) is 23.6. The molecule has 186 valence electrons. The summed E-state index contributed by atoms with van der Waals surface area (Å²) in [4.78, 5) is 32.8. The Morgan fingerprint density at radius 2 is 1.69 bits per heavy atom. The van der Waals surface area contributed by atoms with Crippen LogP contribution in [0.1, 0.15) is 101 Å². The van der Waals surface area contributed by atoms with Crippen LogP contribution in [0.3, 0.4) is 0 Å². The van der Waals surface area contributed by atoms with Gasteiger partial charge in [-0.15, -0.1) is 0 Å². The SMILES string of the molecule is O=C1CC2(CCC2)Cc2nc(C3CCCC3)c(C(=O)c3ccc(C(F)(F)F)cc3)c(-c3ccsc3)c21. The summed E-state index contributed by atoms with van der Waals surface area (Å²) in [5.74, 6) is -0.224. The van der Waals surface area contributed by atoms with Crippen molar-refractivity contribution in [1.29, 1.82) is 0 Å². The Hall–Kier alpha value is -2.80. The number of alkyl halides is 3. The van der Waals surface area contributed by atoms with Gasteiger partial charge in [0.25, 0.3) is 0 Å². The number of Topliss-reactive ketones (excluding diaryl/α,β-unsaturated/α-hetero) is 1. The van der Waals surface area contributed by atoms with Crippen LogP contribution in [0.2, 0.25) is 0 Å². The first-order valence-electron chi connectivity index (χ1n) is 12.6. The van der Waals surface area contributed by atoms with Gasteiger partial charge in [0.05, 0.1) is 22.5 Å². The third-order valence-corrected chi connectivity index (χ3v) is 9.01. The number of fused-ring (bicyclic) bond motifs is 1. The topological polar surface area (TPSA) is 47.0 Å². The van der Waals surface area contributed by atoms with Gasteiger partial charge >= 0.3 is 6.18 Å². The van der Waals surface area contributed by atoms with E-state index in [9.17, 15) is 22.8 Å². The zero-order valence-electron chi connectivity index (χ0n) is 19.8. The fourth-order valence-electron chi connectivity index (χ4n) is 6.33. The van der Waals surface area contributed by atoms with E-state index in [1.54, 1.807) is 0 Å². The van der Waals surface area contributed by atoms with Crippen molar-refractivity contribution in [1.82, 2.24) is 4.98 Å². The quantitative estimate of drug-likeness (QED) is 0.335. The maximum atomic E-state index is 14.1. The maximum absolute atomic E-state index is 14.1. The summed E-state index contributed by atoms with van der Waals surface area (Å²) in [5.41, 5.74) is 3.30. The Bertz CT molecular complexity index is 1330. The third-order valence-electron chi connectivity index (χ3n) is 8.32. The van der Waals surface area contributed by atoms with Gasteiger partial charge in [0.1, 0.15) is 0 Å². The normalized spacial score (nSPS) is 19.4. The van der Waals surface area contributed by atoms with Crippen molar-refractivity contribution in [2.75, 3.05) is 0 Å². The summed E-state index contributed by atoms with van der Waals surface area (Å²) in [5, 5.41) is 3.86. The minimum Gasteiger partial charge on any atom is -0.294 e. The van der Waals surface area contributed by atoms with Gasteiger partial charge in [-0.1, -0.05) is 31.4 Å². The summed E-state index contributed by atoms with van der Waals surface area (Å²) in [6.45, 7) is 0. The number of hydrogen-bond donors (Lipinski definition) is 0. The predicted octanol–water partition coefficient (Wildman–Crippen LogP) is 8.02. The zero-order valence-corrected chi connectivity index (χ0v) is 20.6. The molecule has 0 bridgehead atoms. The average molecular weight is 510 g/mol. The molecule has 36 heavy (non-hydrogen) atoms. The highest BCUT2D eigenvalue weighted by molar-refractivity contribution is 7.08. The Morgan fingerprint density at radius 1 is 0.972 bits per heavy atom. The molecule has 2 heterocycles. The minimum atomic E-state index is -4.48. The van der Waals surface area contributed by atoms with E-state index in [1.807, 2.05) is 16.8 Å². The van der Waals surface area contributed by atoms with Crippen LogP contribution in [0.15, 0.2) is 41.1 Å². The second kappa shape index (κ2) is 8.65. The first-order valence-corrected chi connectivity index (χ1v) is 13.5. The molecule has 2 saturated carbocycles. The second-order valence-corrected chi connectivity index (χ2v) is 11.4. The third kappa shape index (κ3) is 3.92. The van der Waals surface area contributed by atoms with E-state index in [4.69, 9.17) is 4.98 Å². The zero-order chi connectivity index (χ0) is 25.1. The predicted molar refractivity (Wildman–Crippen MR) is 133 cm³/mol. The fraction of sp³-hybridized carbons (Fsp3) is 0.414. The number of hydrogen-bond acceptors (Lipinski definition) is 4. The van der Waals surface area contributed by atoms with Gasteiger partial charge in [-0.2, -0.15) is 24.5 Å². The van der Waals surface area contributed by atoms with Crippen molar-refractivity contribution < 1.29 is 22.8 Å². The van der Waals surface area contributed by atoms with E-state index in [0.717, 1.165) is 80.5 Å². The Morgan fingerprint density at radius 3 is 2.28 bits per heavy atom. The smallest absolute Gasteiger partial charge is 0.294 e. The van der Waals surface area contributed by atoms with Gasteiger partial charge in [0.2, 0.25) is 0 Å². The molecule has 3 nitrogen and oxygen atoms in total. The minimum absolute atomic E-state index is 0.00506. The molecule has 2 aromatic heterocycles. The number of ketones is 2. The van der Waals surface area contributed by atoms with Crippen LogP contribution in [0.25, 0.3) is 11.1 Å². The number of halogens is 3. The van der Waals surface area contributed by atoms with E-state index in [2.05, 4.69) is 0 Å². The molecule has 3 aromatic rings. The van der Waals surface area contributed by atoms with Gasteiger partial charge < -0.3 is 0 Å². The van der Waals surface area contributed by atoms with Gasteiger partial charge in [0.15, 0.2) is 11.6 Å². The molecule has 0 aliphatic heterocycles. The molecule has 0 amide bonds. The highest BCUT2D eigenvalue weighted by atomic mass is 32.1.